The van der Waals surface area contributed by atoms with Gasteiger partial charge in [0.2, 0.25) is 0 Å². The van der Waals surface area contributed by atoms with E-state index in [0.29, 0.717) is 5.69 Å². The monoisotopic (exact) mass is 238 g/mol. The lowest BCUT2D eigenvalue weighted by Gasteiger charge is -2.13. The minimum Gasteiger partial charge on any atom is -0.395 e. The number of aliphatic hydroxyl groups excluding tert-OH is 1. The van der Waals surface area contributed by atoms with Crippen LogP contribution in [0.15, 0.2) is 0 Å². The SMILES string of the molecule is CCCc1[nH]nc(C(=O)NC2(CO)CC2)c1N. The van der Waals surface area contributed by atoms with Crippen molar-refractivity contribution in [1.29, 1.82) is 0 Å². The zero-order valence-electron chi connectivity index (χ0n) is 9.92. The van der Waals surface area contributed by atoms with Crippen LogP contribution < -0.4 is 11.1 Å². The lowest BCUT2D eigenvalue weighted by Crippen LogP contribution is -2.40. The highest BCUT2D eigenvalue weighted by Crippen LogP contribution is 2.35. The van der Waals surface area contributed by atoms with Gasteiger partial charge in [-0.05, 0) is 19.3 Å². The fourth-order valence-corrected chi connectivity index (χ4v) is 1.77. The lowest BCUT2D eigenvalue weighted by atomic mass is 10.2. The van der Waals surface area contributed by atoms with Crippen molar-refractivity contribution in [1.82, 2.24) is 15.5 Å². The number of aromatic nitrogens is 2. The molecular weight excluding hydrogens is 220 g/mol. The van der Waals surface area contributed by atoms with Crippen LogP contribution in [0.2, 0.25) is 0 Å². The number of nitrogens with two attached hydrogens (primary N) is 1. The first kappa shape index (κ1) is 11.9. The van der Waals surface area contributed by atoms with Crippen LogP contribution in [-0.2, 0) is 6.42 Å². The van der Waals surface area contributed by atoms with Crippen LogP contribution in [0.1, 0.15) is 42.4 Å². The molecule has 0 bridgehead atoms. The van der Waals surface area contributed by atoms with Crippen molar-refractivity contribution in [3.63, 3.8) is 0 Å². The molecule has 1 aromatic rings. The first-order chi connectivity index (χ1) is 8.12. The summed E-state index contributed by atoms with van der Waals surface area (Å²) in [5.41, 5.74) is 6.86. The van der Waals surface area contributed by atoms with Crippen LogP contribution in [-0.4, -0.2) is 33.4 Å². The molecule has 0 aromatic carbocycles. The Kier molecular flexibility index (Phi) is 3.06. The van der Waals surface area contributed by atoms with Crippen LogP contribution in [0.4, 0.5) is 5.69 Å². The van der Waals surface area contributed by atoms with Gasteiger partial charge in [-0.1, -0.05) is 13.3 Å². The highest BCUT2D eigenvalue weighted by molar-refractivity contribution is 5.98. The van der Waals surface area contributed by atoms with Crippen molar-refractivity contribution >= 4 is 11.6 Å². The van der Waals surface area contributed by atoms with Crippen molar-refractivity contribution < 1.29 is 9.90 Å². The first-order valence-electron chi connectivity index (χ1n) is 5.88. The Balaban J connectivity index is 2.09. The topological polar surface area (TPSA) is 104 Å². The van der Waals surface area contributed by atoms with Crippen molar-refractivity contribution in [2.75, 3.05) is 12.3 Å². The Hall–Kier alpha value is -1.56. The van der Waals surface area contributed by atoms with Crippen LogP contribution in [0.5, 0.6) is 0 Å². The predicted octanol–water partition coefficient (Wildman–Crippen LogP) is 0.199. The van der Waals surface area contributed by atoms with E-state index in [1.807, 2.05) is 6.92 Å². The summed E-state index contributed by atoms with van der Waals surface area (Å²) in [5, 5.41) is 18.6. The van der Waals surface area contributed by atoms with Gasteiger partial charge in [-0.3, -0.25) is 9.89 Å². The minimum atomic E-state index is -0.437. The fourth-order valence-electron chi connectivity index (χ4n) is 1.77. The Labute approximate surface area is 99.6 Å². The van der Waals surface area contributed by atoms with E-state index in [0.717, 1.165) is 31.4 Å². The number of nitrogen functional groups attached to an aromatic ring is 1. The average molecular weight is 238 g/mol. The summed E-state index contributed by atoms with van der Waals surface area (Å²) in [4.78, 5) is 11.9. The van der Waals surface area contributed by atoms with Gasteiger partial charge in [-0.25, -0.2) is 0 Å². The van der Waals surface area contributed by atoms with Gasteiger partial charge in [-0.15, -0.1) is 0 Å². The molecule has 17 heavy (non-hydrogen) atoms. The smallest absolute Gasteiger partial charge is 0.274 e. The van der Waals surface area contributed by atoms with Crippen LogP contribution in [0.25, 0.3) is 0 Å². The predicted molar refractivity (Wildman–Crippen MR) is 63.5 cm³/mol. The minimum absolute atomic E-state index is 0.0368. The number of rotatable bonds is 5. The van der Waals surface area contributed by atoms with E-state index >= 15 is 0 Å². The summed E-state index contributed by atoms with van der Waals surface area (Å²) in [6.45, 7) is 2.00. The molecule has 1 aliphatic rings. The maximum atomic E-state index is 11.9. The summed E-state index contributed by atoms with van der Waals surface area (Å²) in [6.07, 6.45) is 3.33. The van der Waals surface area contributed by atoms with Crippen LogP contribution in [0, 0.1) is 0 Å². The van der Waals surface area contributed by atoms with Gasteiger partial charge in [0.1, 0.15) is 0 Å². The summed E-state index contributed by atoms with van der Waals surface area (Å²) >= 11 is 0. The molecular formula is C11H18N4O2. The molecule has 0 aliphatic heterocycles. The average Bonchev–Trinajstić information content (AvgIpc) is 2.99. The second kappa shape index (κ2) is 4.37. The summed E-state index contributed by atoms with van der Waals surface area (Å²) in [6, 6.07) is 0. The van der Waals surface area contributed by atoms with Crippen molar-refractivity contribution in [2.24, 2.45) is 0 Å². The maximum absolute atomic E-state index is 11.9. The number of nitrogens with zero attached hydrogens (tertiary/aromatic N) is 1. The lowest BCUT2D eigenvalue weighted by molar-refractivity contribution is 0.0902. The number of carbonyl (C=O) groups is 1. The standard InChI is InChI=1S/C11H18N4O2/c1-2-3-7-8(12)9(15-14-7)10(17)13-11(6-16)4-5-11/h16H,2-6,12H2,1H3,(H,13,17)(H,14,15). The summed E-state index contributed by atoms with van der Waals surface area (Å²) < 4.78 is 0. The highest BCUT2D eigenvalue weighted by atomic mass is 16.3. The summed E-state index contributed by atoms with van der Waals surface area (Å²) in [7, 11) is 0. The van der Waals surface area contributed by atoms with E-state index in [1.54, 1.807) is 0 Å². The third-order valence-corrected chi connectivity index (χ3v) is 3.13. The Morgan fingerprint density at radius 3 is 2.88 bits per heavy atom. The number of aromatic amines is 1. The van der Waals surface area contributed by atoms with Crippen molar-refractivity contribution in [3.05, 3.63) is 11.4 Å². The molecule has 1 heterocycles. The number of nitrogens with one attached hydrogen (secondary N) is 2. The molecule has 0 atom stereocenters. The third kappa shape index (κ3) is 2.26. The number of amides is 1. The van der Waals surface area contributed by atoms with E-state index in [1.165, 1.54) is 0 Å². The van der Waals surface area contributed by atoms with E-state index in [2.05, 4.69) is 15.5 Å². The van der Waals surface area contributed by atoms with Crippen LogP contribution >= 0.6 is 0 Å². The quantitative estimate of drug-likeness (QED) is 0.588. The molecule has 1 aromatic heterocycles. The largest absolute Gasteiger partial charge is 0.395 e. The van der Waals surface area contributed by atoms with Gasteiger partial charge in [0.25, 0.3) is 5.91 Å². The molecule has 1 aliphatic carbocycles. The summed E-state index contributed by atoms with van der Waals surface area (Å²) in [5.74, 6) is -0.312. The molecule has 0 unspecified atom stereocenters. The second-order valence-electron chi connectivity index (χ2n) is 4.61. The number of anilines is 1. The fraction of sp³-hybridized carbons (Fsp3) is 0.636. The number of hydrogen-bond donors (Lipinski definition) is 4. The first-order valence-corrected chi connectivity index (χ1v) is 5.88. The Morgan fingerprint density at radius 1 is 1.65 bits per heavy atom. The molecule has 0 radical (unpaired) electrons. The molecule has 2 rings (SSSR count). The molecule has 1 fully saturated rings. The van der Waals surface area contributed by atoms with Crippen LogP contribution in [0.3, 0.4) is 0 Å². The van der Waals surface area contributed by atoms with Gasteiger partial charge in [0.15, 0.2) is 5.69 Å². The molecule has 6 heteroatoms. The van der Waals surface area contributed by atoms with E-state index in [-0.39, 0.29) is 18.2 Å². The molecule has 1 saturated carbocycles. The maximum Gasteiger partial charge on any atom is 0.274 e. The van der Waals surface area contributed by atoms with E-state index in [9.17, 15) is 4.79 Å². The molecule has 5 N–H and O–H groups in total. The second-order valence-corrected chi connectivity index (χ2v) is 4.61. The Morgan fingerprint density at radius 2 is 2.35 bits per heavy atom. The van der Waals surface area contributed by atoms with Gasteiger partial charge in [0.05, 0.1) is 23.5 Å². The van der Waals surface area contributed by atoms with Gasteiger partial charge in [-0.2, -0.15) is 5.10 Å². The number of aliphatic hydroxyl groups is 1. The third-order valence-electron chi connectivity index (χ3n) is 3.13. The molecule has 94 valence electrons. The van der Waals surface area contributed by atoms with E-state index < -0.39 is 5.54 Å². The molecule has 0 saturated heterocycles. The zero-order chi connectivity index (χ0) is 12.5. The van der Waals surface area contributed by atoms with Gasteiger partial charge in [0, 0.05) is 0 Å². The van der Waals surface area contributed by atoms with Crippen molar-refractivity contribution in [2.45, 2.75) is 38.1 Å². The normalized spacial score (nSPS) is 16.8. The molecule has 0 spiro atoms. The number of hydrogen-bond acceptors (Lipinski definition) is 4. The number of aryl methyl sites for hydroxylation is 1. The van der Waals surface area contributed by atoms with E-state index in [4.69, 9.17) is 10.8 Å². The molecule has 1 amide bonds. The van der Waals surface area contributed by atoms with Gasteiger partial charge < -0.3 is 16.2 Å². The van der Waals surface area contributed by atoms with Gasteiger partial charge >= 0.3 is 0 Å². The zero-order valence-corrected chi connectivity index (χ0v) is 9.92. The Bertz CT molecular complexity index is 423. The molecule has 6 nitrogen and oxygen atoms in total. The highest BCUT2D eigenvalue weighted by Gasteiger charge is 2.44. The van der Waals surface area contributed by atoms with Crippen molar-refractivity contribution in [3.8, 4) is 0 Å². The number of carbonyl (C=O) groups excluding carboxylic acids is 1. The number of H-pyrrole nitrogens is 1.